The van der Waals surface area contributed by atoms with Gasteiger partial charge >= 0.3 is 0 Å². The van der Waals surface area contributed by atoms with Gasteiger partial charge in [0.15, 0.2) is 8.32 Å². The first-order chi connectivity index (χ1) is 9.72. The van der Waals surface area contributed by atoms with Crippen LogP contribution in [-0.2, 0) is 13.9 Å². The molecule has 0 atom stereocenters. The van der Waals surface area contributed by atoms with Crippen LogP contribution in [0, 0.1) is 5.41 Å². The normalized spacial score (nSPS) is 13.7. The molecule has 21 heavy (non-hydrogen) atoms. The highest BCUT2D eigenvalue weighted by molar-refractivity contribution is 6.77. The Balaban J connectivity index is 5.25. The van der Waals surface area contributed by atoms with Gasteiger partial charge in [0.1, 0.15) is 0 Å². The van der Waals surface area contributed by atoms with Gasteiger partial charge in [-0.05, 0) is 23.0 Å². The van der Waals surface area contributed by atoms with Crippen LogP contribution in [0.1, 0.15) is 54.9 Å². The van der Waals surface area contributed by atoms with Gasteiger partial charge in [-0.1, -0.05) is 48.5 Å². The van der Waals surface area contributed by atoms with Crippen LogP contribution in [0.3, 0.4) is 0 Å². The molecule has 0 radical (unpaired) electrons. The van der Waals surface area contributed by atoms with Gasteiger partial charge in [0.2, 0.25) is 0 Å². The molecule has 0 aliphatic rings. The summed E-state index contributed by atoms with van der Waals surface area (Å²) in [7, 11) is 1.70. The summed E-state index contributed by atoms with van der Waals surface area (Å²) in [5, 5.41) is 0. The SMILES string of the molecule is CCC(COC)(COC)CO[Si](C(C)C)(C(C)C)C(C)C. The Labute approximate surface area is 133 Å². The van der Waals surface area contributed by atoms with Crippen LogP contribution in [0.15, 0.2) is 0 Å². The van der Waals surface area contributed by atoms with E-state index >= 15 is 0 Å². The maximum Gasteiger partial charge on any atom is 0.200 e. The Bertz CT molecular complexity index is 249. The topological polar surface area (TPSA) is 27.7 Å². The quantitative estimate of drug-likeness (QED) is 0.509. The predicted molar refractivity (Wildman–Crippen MR) is 93.5 cm³/mol. The smallest absolute Gasteiger partial charge is 0.200 e. The Morgan fingerprint density at radius 2 is 1.14 bits per heavy atom. The second-order valence-corrected chi connectivity index (χ2v) is 12.8. The van der Waals surface area contributed by atoms with Gasteiger partial charge in [-0.3, -0.25) is 0 Å². The number of hydrogen-bond acceptors (Lipinski definition) is 3. The van der Waals surface area contributed by atoms with E-state index in [1.165, 1.54) is 0 Å². The van der Waals surface area contributed by atoms with Crippen LogP contribution < -0.4 is 0 Å². The lowest BCUT2D eigenvalue weighted by atomic mass is 9.88. The third-order valence-electron chi connectivity index (χ3n) is 4.99. The highest BCUT2D eigenvalue weighted by Gasteiger charge is 2.46. The van der Waals surface area contributed by atoms with E-state index in [0.29, 0.717) is 29.8 Å². The number of hydrogen-bond donors (Lipinski definition) is 0. The highest BCUT2D eigenvalue weighted by atomic mass is 28.4. The first kappa shape index (κ1) is 21.1. The lowest BCUT2D eigenvalue weighted by Gasteiger charge is -2.45. The number of rotatable bonds is 11. The summed E-state index contributed by atoms with van der Waals surface area (Å²) in [4.78, 5) is 0. The summed E-state index contributed by atoms with van der Waals surface area (Å²) < 4.78 is 17.7. The molecule has 0 rings (SSSR count). The monoisotopic (exact) mass is 318 g/mol. The van der Waals surface area contributed by atoms with Crippen LogP contribution in [0.2, 0.25) is 16.6 Å². The van der Waals surface area contributed by atoms with Crippen molar-refractivity contribution in [2.45, 2.75) is 71.5 Å². The molecule has 0 saturated carbocycles. The minimum atomic E-state index is -1.82. The van der Waals surface area contributed by atoms with E-state index < -0.39 is 8.32 Å². The third-order valence-corrected chi connectivity index (χ3v) is 11.0. The first-order valence-electron chi connectivity index (χ1n) is 8.34. The molecule has 0 aliphatic carbocycles. The second kappa shape index (κ2) is 9.28. The molecule has 0 fully saturated rings. The van der Waals surface area contributed by atoms with Gasteiger partial charge < -0.3 is 13.9 Å². The van der Waals surface area contributed by atoms with Crippen molar-refractivity contribution in [1.82, 2.24) is 0 Å². The van der Waals surface area contributed by atoms with E-state index in [2.05, 4.69) is 48.5 Å². The Morgan fingerprint density at radius 1 is 0.762 bits per heavy atom. The molecule has 0 saturated heterocycles. The lowest BCUT2D eigenvalue weighted by molar-refractivity contribution is -0.0255. The molecule has 0 aromatic rings. The summed E-state index contributed by atoms with van der Waals surface area (Å²) in [5.41, 5.74) is 1.80. The highest BCUT2D eigenvalue weighted by Crippen LogP contribution is 2.43. The van der Waals surface area contributed by atoms with E-state index in [4.69, 9.17) is 13.9 Å². The van der Waals surface area contributed by atoms with Crippen LogP contribution in [0.5, 0.6) is 0 Å². The fraction of sp³-hybridized carbons (Fsp3) is 1.00. The molecular formula is C17H38O3Si. The molecule has 3 nitrogen and oxygen atoms in total. The molecule has 128 valence electrons. The van der Waals surface area contributed by atoms with Crippen molar-refractivity contribution < 1.29 is 13.9 Å². The lowest BCUT2D eigenvalue weighted by Crippen LogP contribution is -2.51. The largest absolute Gasteiger partial charge is 0.415 e. The zero-order chi connectivity index (χ0) is 16.7. The van der Waals surface area contributed by atoms with Gasteiger partial charge in [-0.15, -0.1) is 0 Å². The fourth-order valence-electron chi connectivity index (χ4n) is 3.82. The molecule has 0 unspecified atom stereocenters. The summed E-state index contributed by atoms with van der Waals surface area (Å²) in [6.07, 6.45) is 1.01. The molecule has 0 spiro atoms. The van der Waals surface area contributed by atoms with E-state index in [-0.39, 0.29) is 5.41 Å². The third kappa shape index (κ3) is 5.05. The standard InChI is InChI=1S/C17H38O3Si/c1-10-17(11-18-8,12-19-9)13-20-21(14(2)3,15(4)5)16(6)7/h14-16H,10-13H2,1-9H3. The van der Waals surface area contributed by atoms with Crippen molar-refractivity contribution in [3.63, 3.8) is 0 Å². The van der Waals surface area contributed by atoms with Gasteiger partial charge in [-0.2, -0.15) is 0 Å². The van der Waals surface area contributed by atoms with Crippen LogP contribution in [0.25, 0.3) is 0 Å². The average molecular weight is 319 g/mol. The summed E-state index contributed by atoms with van der Waals surface area (Å²) in [6, 6.07) is 0. The molecule has 0 aliphatic heterocycles. The maximum atomic E-state index is 6.75. The van der Waals surface area contributed by atoms with E-state index in [9.17, 15) is 0 Å². The Hall–Kier alpha value is 0.0969. The van der Waals surface area contributed by atoms with Crippen LogP contribution >= 0.6 is 0 Å². The van der Waals surface area contributed by atoms with Gasteiger partial charge in [-0.25, -0.2) is 0 Å². The van der Waals surface area contributed by atoms with Crippen LogP contribution in [-0.4, -0.2) is 42.4 Å². The summed E-state index contributed by atoms with van der Waals surface area (Å²) >= 11 is 0. The van der Waals surface area contributed by atoms with E-state index in [1.54, 1.807) is 14.2 Å². The summed E-state index contributed by atoms with van der Waals surface area (Å²) in [6.45, 7) is 18.3. The van der Waals surface area contributed by atoms with Crippen molar-refractivity contribution in [2.24, 2.45) is 5.41 Å². The zero-order valence-electron chi connectivity index (χ0n) is 15.8. The average Bonchev–Trinajstić information content (AvgIpc) is 2.38. The molecule has 0 amide bonds. The Morgan fingerprint density at radius 3 is 1.38 bits per heavy atom. The maximum absolute atomic E-state index is 6.75. The Kier molecular flexibility index (Phi) is 9.33. The summed E-state index contributed by atoms with van der Waals surface area (Å²) in [5.74, 6) is 0. The van der Waals surface area contributed by atoms with Crippen molar-refractivity contribution in [2.75, 3.05) is 34.0 Å². The first-order valence-corrected chi connectivity index (χ1v) is 10.5. The number of methoxy groups -OCH3 is 2. The molecule has 0 heterocycles. The van der Waals surface area contributed by atoms with Crippen molar-refractivity contribution in [3.8, 4) is 0 Å². The predicted octanol–water partition coefficient (Wildman–Crippen LogP) is 4.87. The minimum absolute atomic E-state index is 0.0274. The molecule has 0 N–H and O–H groups in total. The molecule has 0 aromatic carbocycles. The number of ether oxygens (including phenoxy) is 2. The van der Waals surface area contributed by atoms with Crippen molar-refractivity contribution in [1.29, 1.82) is 0 Å². The fourth-order valence-corrected chi connectivity index (χ4v) is 9.38. The van der Waals surface area contributed by atoms with Crippen molar-refractivity contribution >= 4 is 8.32 Å². The van der Waals surface area contributed by atoms with Gasteiger partial charge in [0, 0.05) is 26.2 Å². The van der Waals surface area contributed by atoms with E-state index in [0.717, 1.165) is 13.0 Å². The van der Waals surface area contributed by atoms with Gasteiger partial charge in [0.05, 0.1) is 13.2 Å². The zero-order valence-corrected chi connectivity index (χ0v) is 16.8. The molecule has 0 aromatic heterocycles. The van der Waals surface area contributed by atoms with E-state index in [1.807, 2.05) is 0 Å². The molecule has 4 heteroatoms. The van der Waals surface area contributed by atoms with Crippen molar-refractivity contribution in [3.05, 3.63) is 0 Å². The molecular weight excluding hydrogens is 280 g/mol. The van der Waals surface area contributed by atoms with Crippen LogP contribution in [0.4, 0.5) is 0 Å². The molecule has 0 bridgehead atoms. The minimum Gasteiger partial charge on any atom is -0.415 e. The van der Waals surface area contributed by atoms with Gasteiger partial charge in [0.25, 0.3) is 0 Å². The second-order valence-electron chi connectivity index (χ2n) is 7.33.